The standard InChI is InChI=1S/C37H37N4O2S/c1-5-39-29(21-17-26-13-9-11-15-31(26)39)22-18-27(36-38-30-14-10-12-16-34(30)44-36)20-24-35-40(6-2)32-23-19-28(37(42)43-8-4)25-33(32)41(35)7-3/h9-25H,5-8H2,1-4H3/q+1. The van der Waals surface area contributed by atoms with Crippen LogP contribution in [0.3, 0.4) is 0 Å². The summed E-state index contributed by atoms with van der Waals surface area (Å²) in [5, 5.41) is 2.19. The molecule has 1 aliphatic heterocycles. The molecule has 222 valence electrons. The van der Waals surface area contributed by atoms with Crippen LogP contribution < -0.4 is 14.4 Å². The Bertz CT molecular complexity index is 1900. The predicted molar refractivity (Wildman–Crippen MR) is 183 cm³/mol. The summed E-state index contributed by atoms with van der Waals surface area (Å²) in [4.78, 5) is 22.1. The van der Waals surface area contributed by atoms with E-state index in [2.05, 4.69) is 114 Å². The van der Waals surface area contributed by atoms with E-state index in [1.165, 1.54) is 10.9 Å². The van der Waals surface area contributed by atoms with Gasteiger partial charge in [-0.05, 0) is 88.4 Å². The highest BCUT2D eigenvalue weighted by atomic mass is 32.1. The Labute approximate surface area is 262 Å². The third-order valence-corrected chi connectivity index (χ3v) is 9.01. The molecule has 1 aliphatic rings. The van der Waals surface area contributed by atoms with Gasteiger partial charge >= 0.3 is 5.97 Å². The van der Waals surface area contributed by atoms with Crippen LogP contribution in [0.2, 0.25) is 0 Å². The van der Waals surface area contributed by atoms with E-state index >= 15 is 0 Å². The van der Waals surface area contributed by atoms with Gasteiger partial charge in [-0.2, -0.15) is 4.57 Å². The maximum Gasteiger partial charge on any atom is 0.338 e. The number of aromatic nitrogens is 2. The van der Waals surface area contributed by atoms with Gasteiger partial charge in [-0.25, -0.2) is 9.78 Å². The van der Waals surface area contributed by atoms with Crippen molar-refractivity contribution in [3.05, 3.63) is 119 Å². The lowest BCUT2D eigenvalue weighted by Crippen LogP contribution is -2.36. The summed E-state index contributed by atoms with van der Waals surface area (Å²) in [5.41, 5.74) is 7.04. The van der Waals surface area contributed by atoms with Gasteiger partial charge in [0.1, 0.15) is 17.4 Å². The zero-order chi connectivity index (χ0) is 30.6. The Hall–Kier alpha value is -4.75. The van der Waals surface area contributed by atoms with Gasteiger partial charge in [0.05, 0.1) is 33.8 Å². The number of thiazole rings is 1. The van der Waals surface area contributed by atoms with Crippen molar-refractivity contribution in [1.82, 2.24) is 4.98 Å². The lowest BCUT2D eigenvalue weighted by Gasteiger charge is -2.23. The Morgan fingerprint density at radius 3 is 2.45 bits per heavy atom. The molecule has 0 saturated carbocycles. The normalized spacial score (nSPS) is 14.4. The lowest BCUT2D eigenvalue weighted by atomic mass is 10.1. The van der Waals surface area contributed by atoms with Crippen molar-refractivity contribution in [2.24, 2.45) is 0 Å². The fourth-order valence-electron chi connectivity index (χ4n) is 5.86. The molecule has 7 heteroatoms. The van der Waals surface area contributed by atoms with Crippen molar-refractivity contribution >= 4 is 61.4 Å². The van der Waals surface area contributed by atoms with E-state index in [-0.39, 0.29) is 5.97 Å². The number of esters is 1. The summed E-state index contributed by atoms with van der Waals surface area (Å²) in [6.45, 7) is 11.1. The summed E-state index contributed by atoms with van der Waals surface area (Å²) in [5.74, 6) is 0.764. The molecule has 0 spiro atoms. The van der Waals surface area contributed by atoms with Gasteiger partial charge in [-0.3, -0.25) is 0 Å². The minimum absolute atomic E-state index is 0.298. The number of nitrogens with zero attached hydrogens (tertiary/aromatic N) is 4. The third kappa shape index (κ3) is 5.51. The predicted octanol–water partition coefficient (Wildman–Crippen LogP) is 8.24. The Morgan fingerprint density at radius 2 is 1.68 bits per heavy atom. The second kappa shape index (κ2) is 12.9. The van der Waals surface area contributed by atoms with Gasteiger partial charge in [-0.1, -0.05) is 24.3 Å². The fraction of sp³-hybridized carbons (Fsp3) is 0.216. The number of anilines is 2. The van der Waals surface area contributed by atoms with Crippen LogP contribution >= 0.6 is 11.3 Å². The zero-order valence-electron chi connectivity index (χ0n) is 25.7. The van der Waals surface area contributed by atoms with Crippen LogP contribution in [-0.4, -0.2) is 30.6 Å². The van der Waals surface area contributed by atoms with E-state index in [1.54, 1.807) is 11.3 Å². The molecule has 3 heterocycles. The molecule has 2 aromatic heterocycles. The summed E-state index contributed by atoms with van der Waals surface area (Å²) in [7, 11) is 0. The highest BCUT2D eigenvalue weighted by Crippen LogP contribution is 2.42. The topological polar surface area (TPSA) is 49.6 Å². The van der Waals surface area contributed by atoms with Gasteiger partial charge in [0.25, 0.3) is 0 Å². The molecular weight excluding hydrogens is 565 g/mol. The maximum atomic E-state index is 12.5. The number of fused-ring (bicyclic) bond motifs is 3. The quantitative estimate of drug-likeness (QED) is 0.0968. The van der Waals surface area contributed by atoms with Crippen molar-refractivity contribution in [3.8, 4) is 0 Å². The Morgan fingerprint density at radius 1 is 0.909 bits per heavy atom. The number of hydrogen-bond acceptors (Lipinski definition) is 6. The van der Waals surface area contributed by atoms with E-state index in [4.69, 9.17) is 9.72 Å². The number of ether oxygens (including phenoxy) is 1. The molecule has 3 aromatic carbocycles. The number of pyridine rings is 1. The number of hydrogen-bond donors (Lipinski definition) is 0. The van der Waals surface area contributed by atoms with Gasteiger partial charge in [0, 0.05) is 42.3 Å². The van der Waals surface area contributed by atoms with Gasteiger partial charge in [0.15, 0.2) is 0 Å². The Kier molecular flexibility index (Phi) is 8.57. The summed E-state index contributed by atoms with van der Waals surface area (Å²) in [6, 6.07) is 27.0. The molecular formula is C37H37N4O2S+. The largest absolute Gasteiger partial charge is 0.462 e. The van der Waals surface area contributed by atoms with Crippen molar-refractivity contribution in [1.29, 1.82) is 0 Å². The number of carbonyl (C=O) groups excluding carboxylic acids is 1. The molecule has 0 saturated heterocycles. The molecule has 44 heavy (non-hydrogen) atoms. The molecule has 0 atom stereocenters. The van der Waals surface area contributed by atoms with Crippen LogP contribution in [0, 0.1) is 0 Å². The van der Waals surface area contributed by atoms with Crippen LogP contribution in [-0.2, 0) is 11.3 Å². The van der Waals surface area contributed by atoms with E-state index in [0.717, 1.165) is 63.3 Å². The van der Waals surface area contributed by atoms with Crippen LogP contribution in [0.15, 0.2) is 103 Å². The molecule has 0 aliphatic carbocycles. The fourth-order valence-corrected chi connectivity index (χ4v) is 6.83. The number of allylic oxidation sites excluding steroid dienone is 4. The van der Waals surface area contributed by atoms with E-state index in [1.807, 2.05) is 31.2 Å². The molecule has 0 N–H and O–H groups in total. The second-order valence-electron chi connectivity index (χ2n) is 10.4. The SMILES string of the molecule is CCOC(=O)c1ccc2c(c1)N(CC)/C(=C/C=C(/C=C/c1ccc3ccccc3[n+]1CC)c1nc3ccccc3s1)N2CC. The first-order valence-electron chi connectivity index (χ1n) is 15.3. The average Bonchev–Trinajstić information content (AvgIpc) is 3.62. The van der Waals surface area contributed by atoms with Crippen molar-refractivity contribution in [2.45, 2.75) is 34.2 Å². The molecule has 0 amide bonds. The highest BCUT2D eigenvalue weighted by Gasteiger charge is 2.30. The monoisotopic (exact) mass is 601 g/mol. The average molecular weight is 602 g/mol. The summed E-state index contributed by atoms with van der Waals surface area (Å²) in [6.07, 6.45) is 8.72. The van der Waals surface area contributed by atoms with E-state index in [9.17, 15) is 4.79 Å². The van der Waals surface area contributed by atoms with Crippen LogP contribution in [0.1, 0.15) is 48.8 Å². The molecule has 5 aromatic rings. The summed E-state index contributed by atoms with van der Waals surface area (Å²) < 4.78 is 8.78. The van der Waals surface area contributed by atoms with Crippen LogP contribution in [0.5, 0.6) is 0 Å². The smallest absolute Gasteiger partial charge is 0.338 e. The molecule has 0 fully saturated rings. The van der Waals surface area contributed by atoms with Gasteiger partial charge in [0.2, 0.25) is 11.2 Å². The maximum absolute atomic E-state index is 12.5. The van der Waals surface area contributed by atoms with Crippen molar-refractivity contribution in [3.63, 3.8) is 0 Å². The van der Waals surface area contributed by atoms with Gasteiger partial charge < -0.3 is 14.5 Å². The first-order valence-corrected chi connectivity index (χ1v) is 16.1. The van der Waals surface area contributed by atoms with Crippen LogP contribution in [0.25, 0.3) is 32.8 Å². The van der Waals surface area contributed by atoms with E-state index in [0.29, 0.717) is 12.2 Å². The first-order chi connectivity index (χ1) is 21.6. The lowest BCUT2D eigenvalue weighted by molar-refractivity contribution is -0.669. The van der Waals surface area contributed by atoms with Gasteiger partial charge in [-0.15, -0.1) is 11.3 Å². The second-order valence-corrected chi connectivity index (χ2v) is 11.5. The zero-order valence-corrected chi connectivity index (χ0v) is 26.5. The number of benzene rings is 3. The number of rotatable bonds is 9. The third-order valence-electron chi connectivity index (χ3n) is 7.93. The minimum atomic E-state index is -0.298. The highest BCUT2D eigenvalue weighted by molar-refractivity contribution is 7.19. The molecule has 0 radical (unpaired) electrons. The van der Waals surface area contributed by atoms with Crippen LogP contribution in [0.4, 0.5) is 11.4 Å². The first kappa shape index (κ1) is 29.3. The van der Waals surface area contributed by atoms with E-state index < -0.39 is 0 Å². The number of para-hydroxylation sites is 2. The number of aryl methyl sites for hydroxylation is 1. The van der Waals surface area contributed by atoms with Crippen molar-refractivity contribution in [2.75, 3.05) is 29.5 Å². The Balaban J connectivity index is 1.44. The molecule has 6 nitrogen and oxygen atoms in total. The molecule has 0 bridgehead atoms. The summed E-state index contributed by atoms with van der Waals surface area (Å²) >= 11 is 1.70. The molecule has 0 unspecified atom stereocenters. The minimum Gasteiger partial charge on any atom is -0.462 e. The van der Waals surface area contributed by atoms with Crippen molar-refractivity contribution < 1.29 is 14.1 Å². The molecule has 6 rings (SSSR count). The number of carbonyl (C=O) groups is 1.